The zero-order valence-corrected chi connectivity index (χ0v) is 26.1. The Labute approximate surface area is 262 Å². The molecule has 6 nitrogen and oxygen atoms in total. The first-order chi connectivity index (χ1) is 21.5. The number of hydrogen-bond acceptors (Lipinski definition) is 6. The van der Waals surface area contributed by atoms with E-state index >= 15 is 0 Å². The lowest BCUT2D eigenvalue weighted by molar-refractivity contribution is 0.472. The van der Waals surface area contributed by atoms with Gasteiger partial charge in [-0.3, -0.25) is 10.9 Å². The maximum atomic E-state index is 10.6. The fraction of sp³-hybridized carbons (Fsp3) is 0.316. The van der Waals surface area contributed by atoms with Gasteiger partial charge in [0.05, 0.1) is 22.8 Å². The topological polar surface area (TPSA) is 89.2 Å². The molecule has 4 aromatic rings. The van der Waals surface area contributed by atoms with E-state index in [-0.39, 0.29) is 11.5 Å². The van der Waals surface area contributed by atoms with Crippen LogP contribution in [0, 0.1) is 13.8 Å². The highest BCUT2D eigenvalue weighted by atomic mass is 16.3. The molecule has 44 heavy (non-hydrogen) atoms. The van der Waals surface area contributed by atoms with Gasteiger partial charge in [0.15, 0.2) is 0 Å². The van der Waals surface area contributed by atoms with Gasteiger partial charge in [0.2, 0.25) is 0 Å². The number of aromatic hydroxyl groups is 2. The van der Waals surface area contributed by atoms with Crippen LogP contribution in [0.2, 0.25) is 0 Å². The number of hydrogen-bond donors (Lipinski definition) is 4. The van der Waals surface area contributed by atoms with Gasteiger partial charge in [-0.2, -0.15) is 10.2 Å². The predicted octanol–water partition coefficient (Wildman–Crippen LogP) is 9.95. The van der Waals surface area contributed by atoms with Crippen LogP contribution in [0.15, 0.2) is 107 Å². The number of rotatable bonds is 17. The van der Waals surface area contributed by atoms with E-state index < -0.39 is 0 Å². The van der Waals surface area contributed by atoms with Gasteiger partial charge in [-0.05, 0) is 99.2 Å². The molecule has 4 N–H and O–H groups in total. The van der Waals surface area contributed by atoms with Crippen LogP contribution in [-0.2, 0) is 0 Å². The van der Waals surface area contributed by atoms with Crippen molar-refractivity contribution in [3.63, 3.8) is 0 Å². The molecule has 0 bridgehead atoms. The predicted molar refractivity (Wildman–Crippen MR) is 185 cm³/mol. The SMILES string of the molecule is Cc1ccc(/C(CCCCCCCCCC/C(=N\Nc2ccccc2)c2ccc(C)cc2O)=N/Nc2ccccc2)c(O)c1. The third-order valence-electron chi connectivity index (χ3n) is 7.69. The van der Waals surface area contributed by atoms with Gasteiger partial charge in [-0.15, -0.1) is 0 Å². The van der Waals surface area contributed by atoms with E-state index in [2.05, 4.69) is 21.1 Å². The Morgan fingerprint density at radius 1 is 0.500 bits per heavy atom. The van der Waals surface area contributed by atoms with E-state index in [4.69, 9.17) is 0 Å². The van der Waals surface area contributed by atoms with Crippen LogP contribution in [0.5, 0.6) is 11.5 Å². The molecule has 0 fully saturated rings. The van der Waals surface area contributed by atoms with Gasteiger partial charge < -0.3 is 10.2 Å². The highest BCUT2D eigenvalue weighted by Crippen LogP contribution is 2.24. The largest absolute Gasteiger partial charge is 0.507 e. The van der Waals surface area contributed by atoms with Crippen LogP contribution in [0.25, 0.3) is 0 Å². The summed E-state index contributed by atoms with van der Waals surface area (Å²) in [4.78, 5) is 0. The van der Waals surface area contributed by atoms with Crippen LogP contribution >= 0.6 is 0 Å². The number of hydrazone groups is 2. The van der Waals surface area contributed by atoms with Gasteiger partial charge in [-0.1, -0.05) is 87.1 Å². The van der Waals surface area contributed by atoms with E-state index in [0.717, 1.165) is 83.6 Å². The lowest BCUT2D eigenvalue weighted by Gasteiger charge is -2.11. The highest BCUT2D eigenvalue weighted by molar-refractivity contribution is 6.03. The smallest absolute Gasteiger partial charge is 0.124 e. The summed E-state index contributed by atoms with van der Waals surface area (Å²) < 4.78 is 0. The highest BCUT2D eigenvalue weighted by Gasteiger charge is 2.11. The fourth-order valence-corrected chi connectivity index (χ4v) is 5.21. The first-order valence-corrected chi connectivity index (χ1v) is 15.8. The molecular weight excluding hydrogens is 544 g/mol. The number of benzene rings is 4. The molecule has 0 aromatic heterocycles. The molecule has 0 spiro atoms. The lowest BCUT2D eigenvalue weighted by atomic mass is 9.99. The van der Waals surface area contributed by atoms with Gasteiger partial charge in [0, 0.05) is 11.1 Å². The molecule has 0 atom stereocenters. The van der Waals surface area contributed by atoms with E-state index in [1.54, 1.807) is 12.1 Å². The fourth-order valence-electron chi connectivity index (χ4n) is 5.21. The van der Waals surface area contributed by atoms with Crippen molar-refractivity contribution in [1.82, 2.24) is 0 Å². The Morgan fingerprint density at radius 3 is 1.23 bits per heavy atom. The Kier molecular flexibility index (Phi) is 12.9. The number of phenolic OH excluding ortho intramolecular Hbond substituents is 2. The molecule has 0 radical (unpaired) electrons. The first-order valence-electron chi connectivity index (χ1n) is 15.8. The molecule has 0 unspecified atom stereocenters. The number of aryl methyl sites for hydroxylation is 2. The number of para-hydroxylation sites is 2. The molecule has 4 rings (SSSR count). The second-order valence-electron chi connectivity index (χ2n) is 11.4. The van der Waals surface area contributed by atoms with Gasteiger partial charge in [-0.25, -0.2) is 0 Å². The summed E-state index contributed by atoms with van der Waals surface area (Å²) in [5.74, 6) is 0.556. The summed E-state index contributed by atoms with van der Waals surface area (Å²) in [6.07, 6.45) is 10.7. The van der Waals surface area contributed by atoms with Crippen molar-refractivity contribution in [2.24, 2.45) is 10.2 Å². The summed E-state index contributed by atoms with van der Waals surface area (Å²) in [6, 6.07) is 31.4. The van der Waals surface area contributed by atoms with Crippen LogP contribution in [0.3, 0.4) is 0 Å². The van der Waals surface area contributed by atoms with Gasteiger partial charge in [0.25, 0.3) is 0 Å². The molecule has 4 aromatic carbocycles. The van der Waals surface area contributed by atoms with E-state index in [0.29, 0.717) is 0 Å². The third-order valence-corrected chi connectivity index (χ3v) is 7.69. The molecular formula is C38H46N4O2. The maximum Gasteiger partial charge on any atom is 0.124 e. The summed E-state index contributed by atoms with van der Waals surface area (Å²) in [7, 11) is 0. The van der Waals surface area contributed by atoms with Crippen molar-refractivity contribution < 1.29 is 10.2 Å². The molecule has 0 aliphatic carbocycles. The maximum absolute atomic E-state index is 10.6. The van der Waals surface area contributed by atoms with Gasteiger partial charge >= 0.3 is 0 Å². The number of nitrogens with zero attached hydrogens (tertiary/aromatic N) is 2. The average molecular weight is 591 g/mol. The summed E-state index contributed by atoms with van der Waals surface area (Å²) in [6.45, 7) is 3.96. The average Bonchev–Trinajstić information content (AvgIpc) is 3.02. The Morgan fingerprint density at radius 2 is 0.864 bits per heavy atom. The molecule has 6 heteroatoms. The minimum atomic E-state index is 0.278. The molecule has 0 aliphatic heterocycles. The van der Waals surface area contributed by atoms with Crippen molar-refractivity contribution in [1.29, 1.82) is 0 Å². The van der Waals surface area contributed by atoms with Crippen molar-refractivity contribution in [3.05, 3.63) is 119 Å². The Bertz CT molecular complexity index is 1390. The summed E-state index contributed by atoms with van der Waals surface area (Å²) in [5, 5.41) is 30.5. The summed E-state index contributed by atoms with van der Waals surface area (Å²) in [5.41, 5.74) is 13.6. The van der Waals surface area contributed by atoms with Gasteiger partial charge in [0.1, 0.15) is 11.5 Å². The lowest BCUT2D eigenvalue weighted by Crippen LogP contribution is -2.06. The van der Waals surface area contributed by atoms with Crippen molar-refractivity contribution in [2.75, 3.05) is 10.9 Å². The number of nitrogens with one attached hydrogen (secondary N) is 2. The Hall–Kier alpha value is -4.58. The normalized spacial score (nSPS) is 11.9. The molecule has 0 saturated carbocycles. The van der Waals surface area contributed by atoms with Crippen molar-refractivity contribution in [2.45, 2.75) is 78.1 Å². The summed E-state index contributed by atoms with van der Waals surface area (Å²) >= 11 is 0. The molecule has 0 aliphatic rings. The standard InChI is InChI=1S/C38H46N4O2/c1-29-23-25-33(37(43)27-29)35(41-39-31-17-11-9-12-18-31)21-15-7-5-3-4-6-8-16-22-36(34-26-24-30(2)28-38(34)44)42-40-32-19-13-10-14-20-32/h9-14,17-20,23-28,39-40,43-44H,3-8,15-16,21-22H2,1-2H3/b41-35+,42-36+. The van der Waals surface area contributed by atoms with Crippen LogP contribution in [-0.4, -0.2) is 21.6 Å². The Balaban J connectivity index is 1.19. The third kappa shape index (κ3) is 10.6. The molecule has 0 saturated heterocycles. The van der Waals surface area contributed by atoms with Crippen molar-refractivity contribution in [3.8, 4) is 11.5 Å². The zero-order chi connectivity index (χ0) is 31.0. The minimum Gasteiger partial charge on any atom is -0.507 e. The molecule has 0 heterocycles. The van der Waals surface area contributed by atoms with Crippen molar-refractivity contribution >= 4 is 22.8 Å². The van der Waals surface area contributed by atoms with E-state index in [1.807, 2.05) is 98.8 Å². The van der Waals surface area contributed by atoms with Crippen LogP contribution in [0.1, 0.15) is 86.5 Å². The molecule has 230 valence electrons. The number of unbranched alkanes of at least 4 members (excludes halogenated alkanes) is 7. The minimum absolute atomic E-state index is 0.278. The van der Waals surface area contributed by atoms with E-state index in [1.165, 1.54) is 25.7 Å². The monoisotopic (exact) mass is 590 g/mol. The van der Waals surface area contributed by atoms with E-state index in [9.17, 15) is 10.2 Å². The number of anilines is 2. The molecule has 0 amide bonds. The number of phenols is 2. The quantitative estimate of drug-likeness (QED) is 0.0560. The van der Waals surface area contributed by atoms with Crippen LogP contribution < -0.4 is 10.9 Å². The van der Waals surface area contributed by atoms with Crippen LogP contribution in [0.4, 0.5) is 11.4 Å². The second-order valence-corrected chi connectivity index (χ2v) is 11.4. The first kappa shape index (κ1) is 32.3. The second kappa shape index (κ2) is 17.5. The zero-order valence-electron chi connectivity index (χ0n) is 26.1.